The van der Waals surface area contributed by atoms with Crippen molar-refractivity contribution in [1.82, 2.24) is 4.98 Å². The van der Waals surface area contributed by atoms with Crippen LogP contribution in [-0.2, 0) is 5.60 Å². The Hall–Kier alpha value is -1.95. The zero-order valence-electron chi connectivity index (χ0n) is 10.7. The van der Waals surface area contributed by atoms with Crippen molar-refractivity contribution in [3.8, 4) is 0 Å². The Morgan fingerprint density at radius 3 is 2.90 bits per heavy atom. The van der Waals surface area contributed by atoms with Crippen molar-refractivity contribution in [1.29, 1.82) is 0 Å². The number of nitrogens with two attached hydrogens (primary N) is 1. The standard InChI is InChI=1S/C15H10ClN3OS/c16-9-2-4-11-10(6-9)15(20,14(17)19-11)8-1-3-12-13(5-8)21-7-18-12/h1-7,20H,(H2,17,19). The summed E-state index contributed by atoms with van der Waals surface area (Å²) >= 11 is 7.57. The number of benzene rings is 2. The van der Waals surface area contributed by atoms with Crippen LogP contribution in [0.5, 0.6) is 0 Å². The monoisotopic (exact) mass is 315 g/mol. The molecule has 4 rings (SSSR count). The van der Waals surface area contributed by atoms with Gasteiger partial charge in [0.2, 0.25) is 0 Å². The molecule has 104 valence electrons. The lowest BCUT2D eigenvalue weighted by molar-refractivity contribution is 0.159. The molecule has 1 aliphatic rings. The van der Waals surface area contributed by atoms with Crippen LogP contribution in [0.4, 0.5) is 5.69 Å². The SMILES string of the molecule is NC1=Nc2ccc(Cl)cc2C1(O)c1ccc2ncsc2c1. The average molecular weight is 316 g/mol. The third kappa shape index (κ3) is 1.72. The van der Waals surface area contributed by atoms with Gasteiger partial charge in [-0.3, -0.25) is 0 Å². The first-order chi connectivity index (χ1) is 10.1. The van der Waals surface area contributed by atoms with Crippen LogP contribution in [0.15, 0.2) is 46.9 Å². The highest BCUT2D eigenvalue weighted by Gasteiger charge is 2.42. The lowest BCUT2D eigenvalue weighted by Gasteiger charge is -2.24. The van der Waals surface area contributed by atoms with E-state index in [0.29, 0.717) is 21.8 Å². The summed E-state index contributed by atoms with van der Waals surface area (Å²) in [6.07, 6.45) is 0. The average Bonchev–Trinajstić information content (AvgIpc) is 3.03. The molecule has 3 N–H and O–H groups in total. The summed E-state index contributed by atoms with van der Waals surface area (Å²) in [4.78, 5) is 8.50. The highest BCUT2D eigenvalue weighted by molar-refractivity contribution is 7.16. The van der Waals surface area contributed by atoms with Crippen molar-refractivity contribution in [3.05, 3.63) is 58.1 Å². The Kier molecular flexibility index (Phi) is 2.60. The van der Waals surface area contributed by atoms with Crippen molar-refractivity contribution < 1.29 is 5.11 Å². The number of hydrogen-bond acceptors (Lipinski definition) is 5. The Morgan fingerprint density at radius 1 is 1.19 bits per heavy atom. The fraction of sp³-hybridized carbons (Fsp3) is 0.0667. The van der Waals surface area contributed by atoms with Crippen LogP contribution in [0.2, 0.25) is 5.02 Å². The van der Waals surface area contributed by atoms with Gasteiger partial charge in [-0.15, -0.1) is 11.3 Å². The van der Waals surface area contributed by atoms with Crippen LogP contribution in [0.25, 0.3) is 10.2 Å². The zero-order valence-corrected chi connectivity index (χ0v) is 12.3. The zero-order chi connectivity index (χ0) is 14.6. The maximum absolute atomic E-state index is 11.2. The summed E-state index contributed by atoms with van der Waals surface area (Å²) in [7, 11) is 0. The predicted octanol–water partition coefficient (Wildman–Crippen LogP) is 3.19. The minimum atomic E-state index is -1.45. The maximum atomic E-state index is 11.2. The van der Waals surface area contributed by atoms with Gasteiger partial charge in [-0.25, -0.2) is 9.98 Å². The first-order valence-electron chi connectivity index (χ1n) is 6.30. The first-order valence-corrected chi connectivity index (χ1v) is 7.55. The Labute approximate surface area is 129 Å². The third-order valence-corrected chi connectivity index (χ3v) is 4.74. The molecule has 21 heavy (non-hydrogen) atoms. The van der Waals surface area contributed by atoms with E-state index in [1.807, 2.05) is 18.2 Å². The summed E-state index contributed by atoms with van der Waals surface area (Å²) in [5, 5.41) is 11.7. The maximum Gasteiger partial charge on any atom is 0.174 e. The van der Waals surface area contributed by atoms with Crippen molar-refractivity contribution in [2.45, 2.75) is 5.60 Å². The van der Waals surface area contributed by atoms with Gasteiger partial charge in [0.25, 0.3) is 0 Å². The topological polar surface area (TPSA) is 71.5 Å². The van der Waals surface area contributed by atoms with E-state index in [2.05, 4.69) is 9.98 Å². The molecular formula is C15H10ClN3OS. The number of aliphatic imine (C=N–C) groups is 1. The third-order valence-electron chi connectivity index (χ3n) is 3.71. The van der Waals surface area contributed by atoms with Crippen molar-refractivity contribution in [3.63, 3.8) is 0 Å². The Balaban J connectivity index is 1.98. The van der Waals surface area contributed by atoms with Crippen LogP contribution in [0, 0.1) is 0 Å². The summed E-state index contributed by atoms with van der Waals surface area (Å²) < 4.78 is 0.990. The molecule has 0 spiro atoms. The van der Waals surface area contributed by atoms with E-state index in [1.165, 1.54) is 11.3 Å². The van der Waals surface area contributed by atoms with Gasteiger partial charge in [0, 0.05) is 10.6 Å². The van der Waals surface area contributed by atoms with Gasteiger partial charge in [-0.05, 0) is 35.9 Å². The fourth-order valence-electron chi connectivity index (χ4n) is 2.63. The number of amidine groups is 1. The number of nitrogens with zero attached hydrogens (tertiary/aromatic N) is 2. The van der Waals surface area contributed by atoms with Crippen LogP contribution in [0.1, 0.15) is 11.1 Å². The highest BCUT2D eigenvalue weighted by atomic mass is 35.5. The fourth-order valence-corrected chi connectivity index (χ4v) is 3.52. The lowest BCUT2D eigenvalue weighted by atomic mass is 9.86. The number of aromatic nitrogens is 1. The lowest BCUT2D eigenvalue weighted by Crippen LogP contribution is -2.39. The van der Waals surface area contributed by atoms with E-state index >= 15 is 0 Å². The molecule has 0 bridgehead atoms. The van der Waals surface area contributed by atoms with Gasteiger partial charge in [-0.2, -0.15) is 0 Å². The number of thiazole rings is 1. The van der Waals surface area contributed by atoms with Crippen molar-refractivity contribution in [2.75, 3.05) is 0 Å². The van der Waals surface area contributed by atoms with Crippen LogP contribution in [-0.4, -0.2) is 15.9 Å². The number of rotatable bonds is 1. The highest BCUT2D eigenvalue weighted by Crippen LogP contribution is 2.43. The molecule has 0 saturated carbocycles. The molecule has 3 aromatic rings. The number of fused-ring (bicyclic) bond motifs is 2. The summed E-state index contributed by atoms with van der Waals surface area (Å²) in [6.45, 7) is 0. The summed E-state index contributed by atoms with van der Waals surface area (Å²) in [5.41, 5.74) is 9.15. The van der Waals surface area contributed by atoms with E-state index in [9.17, 15) is 5.11 Å². The molecule has 6 heteroatoms. The van der Waals surface area contributed by atoms with Crippen LogP contribution in [0.3, 0.4) is 0 Å². The molecule has 1 aromatic heterocycles. The molecule has 2 aromatic carbocycles. The van der Waals surface area contributed by atoms with E-state index in [0.717, 1.165) is 10.2 Å². The Morgan fingerprint density at radius 2 is 2.05 bits per heavy atom. The summed E-state index contributed by atoms with van der Waals surface area (Å²) in [6, 6.07) is 10.8. The van der Waals surface area contributed by atoms with Crippen molar-refractivity contribution >= 4 is 44.7 Å². The molecule has 2 heterocycles. The molecule has 1 unspecified atom stereocenters. The second kappa shape index (κ2) is 4.27. The van der Waals surface area contributed by atoms with Crippen LogP contribution < -0.4 is 5.73 Å². The molecule has 1 aliphatic heterocycles. The quantitative estimate of drug-likeness (QED) is 0.724. The minimum absolute atomic E-state index is 0.156. The first kappa shape index (κ1) is 12.8. The van der Waals surface area contributed by atoms with E-state index < -0.39 is 5.60 Å². The van der Waals surface area contributed by atoms with E-state index in [4.69, 9.17) is 17.3 Å². The normalized spacial score (nSPS) is 20.6. The molecule has 1 atom stereocenters. The molecule has 0 saturated heterocycles. The van der Waals surface area contributed by atoms with Crippen molar-refractivity contribution in [2.24, 2.45) is 10.7 Å². The number of hydrogen-bond donors (Lipinski definition) is 2. The second-order valence-electron chi connectivity index (χ2n) is 4.90. The minimum Gasteiger partial charge on any atom is -0.384 e. The largest absolute Gasteiger partial charge is 0.384 e. The van der Waals surface area contributed by atoms with Gasteiger partial charge >= 0.3 is 0 Å². The van der Waals surface area contributed by atoms with E-state index in [1.54, 1.807) is 23.7 Å². The van der Waals surface area contributed by atoms with Gasteiger partial charge < -0.3 is 10.8 Å². The van der Waals surface area contributed by atoms with Gasteiger partial charge in [-0.1, -0.05) is 17.7 Å². The molecular weight excluding hydrogens is 306 g/mol. The van der Waals surface area contributed by atoms with Gasteiger partial charge in [0.15, 0.2) is 5.60 Å². The Bertz CT molecular complexity index is 905. The smallest absolute Gasteiger partial charge is 0.174 e. The second-order valence-corrected chi connectivity index (χ2v) is 6.23. The molecule has 0 fully saturated rings. The number of halogens is 1. The van der Waals surface area contributed by atoms with Crippen LogP contribution >= 0.6 is 22.9 Å². The molecule has 0 amide bonds. The molecule has 0 aliphatic carbocycles. The van der Waals surface area contributed by atoms with Gasteiger partial charge in [0.1, 0.15) is 5.84 Å². The molecule has 0 radical (unpaired) electrons. The number of aliphatic hydroxyl groups is 1. The predicted molar refractivity (Wildman–Crippen MR) is 85.4 cm³/mol. The van der Waals surface area contributed by atoms with Gasteiger partial charge in [0.05, 0.1) is 21.4 Å². The summed E-state index contributed by atoms with van der Waals surface area (Å²) in [5.74, 6) is 0.156. The van der Waals surface area contributed by atoms with E-state index in [-0.39, 0.29) is 5.84 Å². The molecule has 4 nitrogen and oxygen atoms in total.